The van der Waals surface area contributed by atoms with Gasteiger partial charge >= 0.3 is 0 Å². The second-order valence-electron chi connectivity index (χ2n) is 3.19. The van der Waals surface area contributed by atoms with E-state index in [4.69, 9.17) is 0 Å². The van der Waals surface area contributed by atoms with Crippen molar-refractivity contribution in [3.8, 4) is 0 Å². The van der Waals surface area contributed by atoms with Crippen molar-refractivity contribution in [2.75, 3.05) is 6.26 Å². The van der Waals surface area contributed by atoms with Crippen molar-refractivity contribution in [1.29, 1.82) is 0 Å². The van der Waals surface area contributed by atoms with Crippen LogP contribution in [0.5, 0.6) is 0 Å². The lowest BCUT2D eigenvalue weighted by Crippen LogP contribution is -1.94. The zero-order chi connectivity index (χ0) is 10.6. The van der Waals surface area contributed by atoms with E-state index in [1.807, 2.05) is 44.4 Å². The minimum absolute atomic E-state index is 0.0804. The van der Waals surface area contributed by atoms with Gasteiger partial charge in [-0.25, -0.2) is 0 Å². The maximum Gasteiger partial charge on any atom is 0.186 e. The quantitative estimate of drug-likeness (QED) is 0.556. The molecule has 0 N–H and O–H groups in total. The van der Waals surface area contributed by atoms with Crippen LogP contribution >= 0.6 is 11.8 Å². The smallest absolute Gasteiger partial charge is 0.186 e. The summed E-state index contributed by atoms with van der Waals surface area (Å²) in [4.78, 5) is 12.7. The van der Waals surface area contributed by atoms with Crippen LogP contribution in [-0.2, 0) is 0 Å². The van der Waals surface area contributed by atoms with Crippen molar-refractivity contribution in [2.24, 2.45) is 0 Å². The summed E-state index contributed by atoms with van der Waals surface area (Å²) in [7, 11) is 0. The van der Waals surface area contributed by atoms with E-state index >= 15 is 0 Å². The molecule has 0 aliphatic rings. The van der Waals surface area contributed by atoms with Crippen LogP contribution in [0.1, 0.15) is 22.8 Å². The van der Waals surface area contributed by atoms with Gasteiger partial charge in [0.05, 0.1) is 0 Å². The molecular formula is C12H14OS. The lowest BCUT2D eigenvalue weighted by Gasteiger charge is -1.98. The van der Waals surface area contributed by atoms with Gasteiger partial charge in [0.15, 0.2) is 5.78 Å². The fourth-order valence-corrected chi connectivity index (χ4v) is 1.27. The summed E-state index contributed by atoms with van der Waals surface area (Å²) in [6.07, 6.45) is 3.64. The maximum atomic E-state index is 11.6. The minimum atomic E-state index is 0.0804. The Morgan fingerprint density at radius 3 is 2.36 bits per heavy atom. The van der Waals surface area contributed by atoms with Gasteiger partial charge in [0.25, 0.3) is 0 Å². The van der Waals surface area contributed by atoms with Crippen molar-refractivity contribution in [3.63, 3.8) is 0 Å². The standard InChI is InChI=1S/C12H14OS/c1-9-4-6-11(7-5-9)12(13)8-10(2)14-3/h4-8H,1-3H3/b10-8-. The Morgan fingerprint density at radius 2 is 1.86 bits per heavy atom. The number of hydrogen-bond donors (Lipinski definition) is 0. The summed E-state index contributed by atoms with van der Waals surface area (Å²) in [5, 5.41) is 0. The first-order chi connectivity index (χ1) is 6.63. The molecule has 0 aliphatic heterocycles. The SMILES string of the molecule is CS/C(C)=C\C(=O)c1ccc(C)cc1. The van der Waals surface area contributed by atoms with Crippen LogP contribution in [0.15, 0.2) is 35.2 Å². The van der Waals surface area contributed by atoms with E-state index in [1.165, 1.54) is 5.56 Å². The topological polar surface area (TPSA) is 17.1 Å². The third-order valence-electron chi connectivity index (χ3n) is 1.99. The molecule has 1 aromatic rings. The van der Waals surface area contributed by atoms with Gasteiger partial charge < -0.3 is 0 Å². The number of hydrogen-bond acceptors (Lipinski definition) is 2. The second-order valence-corrected chi connectivity index (χ2v) is 4.24. The fourth-order valence-electron chi connectivity index (χ4n) is 1.04. The van der Waals surface area contributed by atoms with E-state index in [2.05, 4.69) is 0 Å². The zero-order valence-electron chi connectivity index (χ0n) is 8.70. The lowest BCUT2D eigenvalue weighted by atomic mass is 10.1. The Hall–Kier alpha value is -1.02. The van der Waals surface area contributed by atoms with Crippen molar-refractivity contribution < 1.29 is 4.79 Å². The van der Waals surface area contributed by atoms with Crippen LogP contribution in [0.4, 0.5) is 0 Å². The van der Waals surface area contributed by atoms with Gasteiger partial charge in [-0.2, -0.15) is 0 Å². The van der Waals surface area contributed by atoms with Gasteiger partial charge in [0.1, 0.15) is 0 Å². The Kier molecular flexibility index (Phi) is 3.96. The number of benzene rings is 1. The predicted molar refractivity (Wildman–Crippen MR) is 62.8 cm³/mol. The minimum Gasteiger partial charge on any atom is -0.289 e. The third-order valence-corrected chi connectivity index (χ3v) is 2.75. The molecule has 0 saturated carbocycles. The summed E-state index contributed by atoms with van der Waals surface area (Å²) in [5.41, 5.74) is 1.93. The fraction of sp³-hybridized carbons (Fsp3) is 0.250. The maximum absolute atomic E-state index is 11.6. The van der Waals surface area contributed by atoms with Gasteiger partial charge in [0.2, 0.25) is 0 Å². The highest BCUT2D eigenvalue weighted by Crippen LogP contribution is 2.12. The van der Waals surface area contributed by atoms with E-state index in [1.54, 1.807) is 17.8 Å². The van der Waals surface area contributed by atoms with Crippen molar-refractivity contribution in [3.05, 3.63) is 46.4 Å². The number of carbonyl (C=O) groups is 1. The Labute approximate surface area is 89.2 Å². The molecule has 0 fully saturated rings. The summed E-state index contributed by atoms with van der Waals surface area (Å²) in [5.74, 6) is 0.0804. The lowest BCUT2D eigenvalue weighted by molar-refractivity contribution is 0.104. The second kappa shape index (κ2) is 5.01. The number of thioether (sulfide) groups is 1. The average Bonchev–Trinajstić information content (AvgIpc) is 2.18. The highest BCUT2D eigenvalue weighted by molar-refractivity contribution is 8.02. The van der Waals surface area contributed by atoms with E-state index in [-0.39, 0.29) is 5.78 Å². The van der Waals surface area contributed by atoms with Crippen molar-refractivity contribution in [2.45, 2.75) is 13.8 Å². The largest absolute Gasteiger partial charge is 0.289 e. The van der Waals surface area contributed by atoms with E-state index in [0.717, 1.165) is 10.5 Å². The first-order valence-corrected chi connectivity index (χ1v) is 5.69. The van der Waals surface area contributed by atoms with E-state index in [0.29, 0.717) is 0 Å². The zero-order valence-corrected chi connectivity index (χ0v) is 9.52. The third kappa shape index (κ3) is 3.04. The van der Waals surface area contributed by atoms with Gasteiger partial charge in [-0.1, -0.05) is 29.8 Å². The van der Waals surface area contributed by atoms with Crippen LogP contribution in [-0.4, -0.2) is 12.0 Å². The van der Waals surface area contributed by atoms with Crippen LogP contribution < -0.4 is 0 Å². The van der Waals surface area contributed by atoms with Gasteiger partial charge in [0, 0.05) is 5.56 Å². The van der Waals surface area contributed by atoms with Gasteiger partial charge in [-0.3, -0.25) is 4.79 Å². The summed E-state index contributed by atoms with van der Waals surface area (Å²) in [6.45, 7) is 3.95. The highest BCUT2D eigenvalue weighted by atomic mass is 32.2. The normalized spacial score (nSPS) is 11.5. The van der Waals surface area contributed by atoms with E-state index in [9.17, 15) is 4.79 Å². The Bertz CT molecular complexity index is 349. The molecule has 0 atom stereocenters. The number of rotatable bonds is 3. The molecule has 0 bridgehead atoms. The molecule has 0 radical (unpaired) electrons. The number of ketones is 1. The molecule has 14 heavy (non-hydrogen) atoms. The number of allylic oxidation sites excluding steroid dienone is 2. The molecule has 1 nitrogen and oxygen atoms in total. The van der Waals surface area contributed by atoms with Crippen LogP contribution in [0.2, 0.25) is 0 Å². The molecular weight excluding hydrogens is 192 g/mol. The Morgan fingerprint density at radius 1 is 1.29 bits per heavy atom. The van der Waals surface area contributed by atoms with Crippen LogP contribution in [0, 0.1) is 6.92 Å². The summed E-state index contributed by atoms with van der Waals surface area (Å²) in [6, 6.07) is 7.63. The molecule has 1 rings (SSSR count). The number of carbonyl (C=O) groups excluding carboxylic acids is 1. The highest BCUT2D eigenvalue weighted by Gasteiger charge is 2.01. The molecule has 0 amide bonds. The molecule has 1 aromatic carbocycles. The molecule has 0 aliphatic carbocycles. The van der Waals surface area contributed by atoms with Crippen LogP contribution in [0.3, 0.4) is 0 Å². The molecule has 0 spiro atoms. The first kappa shape index (κ1) is 11.1. The average molecular weight is 206 g/mol. The predicted octanol–water partition coefficient (Wildman–Crippen LogP) is 3.44. The van der Waals surface area contributed by atoms with Gasteiger partial charge in [-0.05, 0) is 31.1 Å². The molecule has 0 saturated heterocycles. The molecule has 2 heteroatoms. The molecule has 74 valence electrons. The van der Waals surface area contributed by atoms with Gasteiger partial charge in [-0.15, -0.1) is 11.8 Å². The van der Waals surface area contributed by atoms with Crippen molar-refractivity contribution >= 4 is 17.5 Å². The molecule has 0 unspecified atom stereocenters. The molecule has 0 aromatic heterocycles. The Balaban J connectivity index is 2.85. The first-order valence-electron chi connectivity index (χ1n) is 4.47. The van der Waals surface area contributed by atoms with Crippen molar-refractivity contribution in [1.82, 2.24) is 0 Å². The summed E-state index contributed by atoms with van der Waals surface area (Å²) >= 11 is 1.59. The summed E-state index contributed by atoms with van der Waals surface area (Å²) < 4.78 is 0. The van der Waals surface area contributed by atoms with Crippen LogP contribution in [0.25, 0.3) is 0 Å². The molecule has 0 heterocycles. The monoisotopic (exact) mass is 206 g/mol. The van der Waals surface area contributed by atoms with E-state index < -0.39 is 0 Å². The number of aryl methyl sites for hydroxylation is 1.